The molecular formula is C41H42N6O4. The van der Waals surface area contributed by atoms with E-state index in [-0.39, 0.29) is 17.2 Å². The van der Waals surface area contributed by atoms with Crippen molar-refractivity contribution in [2.24, 2.45) is 24.1 Å². The molecule has 0 spiro atoms. The van der Waals surface area contributed by atoms with Crippen molar-refractivity contribution in [2.75, 3.05) is 0 Å². The Morgan fingerprint density at radius 3 is 1.20 bits per heavy atom. The monoisotopic (exact) mass is 682 g/mol. The van der Waals surface area contributed by atoms with Crippen molar-refractivity contribution in [3.63, 3.8) is 0 Å². The van der Waals surface area contributed by atoms with E-state index in [1.165, 1.54) is 0 Å². The standard InChI is InChI=1S/C41H42N6O4/c1-7-46-27-25-44(5)39(46)37(48)42-31-13-21-35(22-14-31)50-33-17-9-29(10-18-33)41(3,4)30-11-19-34(20-12-30)51-36-23-15-32(16-24-36)43-38(49)40-45(6)26-28-47(40)8-2/h9-28H,7-8H2,1-6H3. The molecule has 0 N–H and O–H groups in total. The van der Waals surface area contributed by atoms with E-state index in [0.29, 0.717) is 59.1 Å². The lowest BCUT2D eigenvalue weighted by Gasteiger charge is -2.26. The van der Waals surface area contributed by atoms with Gasteiger partial charge >= 0.3 is 0 Å². The molecule has 0 saturated heterocycles. The molecular weight excluding hydrogens is 640 g/mol. The first-order valence-electron chi connectivity index (χ1n) is 16.9. The second-order valence-electron chi connectivity index (χ2n) is 12.7. The molecule has 0 unspecified atom stereocenters. The molecule has 2 aromatic heterocycles. The van der Waals surface area contributed by atoms with E-state index in [1.807, 2.05) is 110 Å². The van der Waals surface area contributed by atoms with Crippen molar-refractivity contribution in [3.8, 4) is 23.0 Å². The van der Waals surface area contributed by atoms with E-state index in [4.69, 9.17) is 9.47 Å². The highest BCUT2D eigenvalue weighted by molar-refractivity contribution is 5.88. The van der Waals surface area contributed by atoms with Crippen molar-refractivity contribution in [2.45, 2.75) is 46.2 Å². The summed E-state index contributed by atoms with van der Waals surface area (Å²) >= 11 is 0. The van der Waals surface area contributed by atoms with E-state index in [1.54, 1.807) is 33.4 Å². The van der Waals surface area contributed by atoms with Crippen LogP contribution in [0.5, 0.6) is 23.0 Å². The minimum Gasteiger partial charge on any atom is -0.853 e. The maximum Gasteiger partial charge on any atom is 0.292 e. The van der Waals surface area contributed by atoms with Crippen molar-refractivity contribution in [1.82, 2.24) is 9.13 Å². The van der Waals surface area contributed by atoms with Crippen LogP contribution in [-0.4, -0.2) is 20.9 Å². The second kappa shape index (κ2) is 14.8. The highest BCUT2D eigenvalue weighted by Gasteiger charge is 2.23. The van der Waals surface area contributed by atoms with Gasteiger partial charge in [0.1, 0.15) is 47.8 Å². The first-order chi connectivity index (χ1) is 24.5. The highest BCUT2D eigenvalue weighted by atomic mass is 16.5. The summed E-state index contributed by atoms with van der Waals surface area (Å²) in [5, 5.41) is 25.6. The van der Waals surface area contributed by atoms with Crippen molar-refractivity contribution >= 4 is 23.2 Å². The van der Waals surface area contributed by atoms with Crippen LogP contribution in [0.3, 0.4) is 0 Å². The average molecular weight is 683 g/mol. The summed E-state index contributed by atoms with van der Waals surface area (Å²) in [6.45, 7) is 9.73. The topological polar surface area (TPSA) is 107 Å². The van der Waals surface area contributed by atoms with Gasteiger partial charge in [0, 0.05) is 5.41 Å². The third kappa shape index (κ3) is 7.70. The van der Waals surface area contributed by atoms with Crippen LogP contribution in [0.25, 0.3) is 0 Å². The maximum atomic E-state index is 12.8. The summed E-state index contributed by atoms with van der Waals surface area (Å²) in [5.41, 5.74) is 3.13. The summed E-state index contributed by atoms with van der Waals surface area (Å²) < 4.78 is 19.5. The van der Waals surface area contributed by atoms with Gasteiger partial charge in [-0.25, -0.2) is 18.3 Å². The zero-order valence-corrected chi connectivity index (χ0v) is 29.8. The number of ether oxygens (including phenoxy) is 2. The van der Waals surface area contributed by atoms with Crippen LogP contribution < -0.4 is 28.8 Å². The van der Waals surface area contributed by atoms with Crippen LogP contribution in [0.1, 0.15) is 50.5 Å². The maximum absolute atomic E-state index is 12.8. The summed E-state index contributed by atoms with van der Waals surface area (Å²) in [7, 11) is 3.67. The minimum atomic E-state index is -0.292. The Balaban J connectivity index is 1.06. The smallest absolute Gasteiger partial charge is 0.292 e. The summed E-state index contributed by atoms with van der Waals surface area (Å²) in [4.78, 5) is 8.56. The van der Waals surface area contributed by atoms with E-state index in [9.17, 15) is 10.2 Å². The molecule has 0 atom stereocenters. The van der Waals surface area contributed by atoms with Crippen LogP contribution in [0.4, 0.5) is 11.4 Å². The van der Waals surface area contributed by atoms with E-state index < -0.39 is 0 Å². The number of rotatable bonds is 12. The summed E-state index contributed by atoms with van der Waals surface area (Å²) in [6, 6.07) is 30.5. The number of aromatic nitrogens is 4. The third-order valence-corrected chi connectivity index (χ3v) is 8.97. The molecule has 0 bridgehead atoms. The van der Waals surface area contributed by atoms with Crippen LogP contribution in [0.2, 0.25) is 0 Å². The quantitative estimate of drug-likeness (QED) is 0.0929. The first-order valence-corrected chi connectivity index (χ1v) is 16.9. The summed E-state index contributed by atoms with van der Waals surface area (Å²) in [6.07, 6.45) is 7.44. The van der Waals surface area contributed by atoms with Crippen LogP contribution in [0, 0.1) is 0 Å². The number of nitrogens with zero attached hydrogens (tertiary/aromatic N) is 6. The van der Waals surface area contributed by atoms with Crippen molar-refractivity contribution in [3.05, 3.63) is 145 Å². The Morgan fingerprint density at radius 2 is 0.882 bits per heavy atom. The van der Waals surface area contributed by atoms with Gasteiger partial charge in [-0.2, -0.15) is 0 Å². The molecule has 0 saturated carbocycles. The number of aryl methyl sites for hydroxylation is 4. The number of benzene rings is 4. The molecule has 6 aromatic rings. The van der Waals surface area contributed by atoms with Crippen LogP contribution in [0.15, 0.2) is 132 Å². The number of imidazole rings is 2. The van der Waals surface area contributed by atoms with E-state index in [2.05, 4.69) is 48.1 Å². The molecule has 260 valence electrons. The zero-order chi connectivity index (χ0) is 36.1. The molecule has 0 aliphatic rings. The lowest BCUT2D eigenvalue weighted by Crippen LogP contribution is -2.40. The zero-order valence-electron chi connectivity index (χ0n) is 29.8. The minimum absolute atomic E-state index is 0.273. The summed E-state index contributed by atoms with van der Waals surface area (Å²) in [5.74, 6) is 3.20. The number of aliphatic imine (C=N–C) groups is 2. The van der Waals surface area contributed by atoms with Gasteiger partial charge in [0.2, 0.25) is 0 Å². The van der Waals surface area contributed by atoms with Gasteiger partial charge in [-0.15, -0.1) is 0 Å². The Hall–Kier alpha value is -6.16. The SMILES string of the molecule is CCn1cc[n+](C)c1C([O-])=Nc1ccc(Oc2ccc(C(C)(C)c3ccc(Oc4ccc(N=C([O-])c5n(CC)cc[n+]5C)cc4)cc3)cc2)cc1. The van der Waals surface area contributed by atoms with Gasteiger partial charge in [0.25, 0.3) is 11.6 Å². The molecule has 0 aliphatic heterocycles. The van der Waals surface area contributed by atoms with Crippen molar-refractivity contribution < 1.29 is 28.8 Å². The Kier molecular flexibility index (Phi) is 10.0. The Labute approximate surface area is 298 Å². The predicted molar refractivity (Wildman–Crippen MR) is 193 cm³/mol. The van der Waals surface area contributed by atoms with E-state index >= 15 is 0 Å². The molecule has 6 rings (SSSR count). The molecule has 0 amide bonds. The lowest BCUT2D eigenvalue weighted by atomic mass is 9.78. The molecule has 2 heterocycles. The van der Waals surface area contributed by atoms with Gasteiger partial charge in [0.05, 0.1) is 50.4 Å². The lowest BCUT2D eigenvalue weighted by molar-refractivity contribution is -0.674. The largest absolute Gasteiger partial charge is 0.853 e. The molecule has 10 nitrogen and oxygen atoms in total. The third-order valence-electron chi connectivity index (χ3n) is 8.97. The van der Waals surface area contributed by atoms with Gasteiger partial charge in [-0.05, 0) is 97.8 Å². The molecule has 4 aromatic carbocycles. The van der Waals surface area contributed by atoms with Gasteiger partial charge in [-0.1, -0.05) is 38.1 Å². The molecule has 0 radical (unpaired) electrons. The average Bonchev–Trinajstić information content (AvgIpc) is 3.71. The second-order valence-corrected chi connectivity index (χ2v) is 12.7. The fourth-order valence-electron chi connectivity index (χ4n) is 5.94. The fraction of sp³-hybridized carbons (Fsp3) is 0.220. The Bertz CT molecular complexity index is 2000. The fourth-order valence-corrected chi connectivity index (χ4v) is 5.94. The van der Waals surface area contributed by atoms with Crippen molar-refractivity contribution in [1.29, 1.82) is 0 Å². The highest BCUT2D eigenvalue weighted by Crippen LogP contribution is 2.35. The first kappa shape index (κ1) is 34.7. The van der Waals surface area contributed by atoms with Crippen LogP contribution >= 0.6 is 0 Å². The molecule has 51 heavy (non-hydrogen) atoms. The molecule has 10 heteroatoms. The predicted octanol–water partition coefficient (Wildman–Crippen LogP) is 5.77. The normalized spacial score (nSPS) is 12.3. The van der Waals surface area contributed by atoms with Gasteiger partial charge < -0.3 is 19.7 Å². The molecule has 0 aliphatic carbocycles. The van der Waals surface area contributed by atoms with Gasteiger partial charge in [-0.3, -0.25) is 9.98 Å². The van der Waals surface area contributed by atoms with Gasteiger partial charge in [0.15, 0.2) is 0 Å². The van der Waals surface area contributed by atoms with E-state index in [0.717, 1.165) is 11.1 Å². The Morgan fingerprint density at radius 1 is 0.569 bits per heavy atom. The molecule has 0 fully saturated rings. The van der Waals surface area contributed by atoms with Crippen LogP contribution in [-0.2, 0) is 32.6 Å². The number of hydrogen-bond acceptors (Lipinski definition) is 6. The number of hydrogen-bond donors (Lipinski definition) is 0.